The number of oxazole rings is 1. The van der Waals surface area contributed by atoms with E-state index in [1.807, 2.05) is 0 Å². The molecule has 2 atom stereocenters. The number of carbonyl (C=O) groups is 1. The molecule has 1 aliphatic heterocycles. The number of carbonyl (C=O) groups excluding carboxylic acids is 1. The van der Waals surface area contributed by atoms with E-state index in [0.717, 1.165) is 24.6 Å². The number of rotatable bonds is 2. The molecule has 0 spiro atoms. The van der Waals surface area contributed by atoms with Crippen molar-refractivity contribution < 1.29 is 23.1 Å². The van der Waals surface area contributed by atoms with Gasteiger partial charge in [0.05, 0.1) is 12.1 Å². The number of likely N-dealkylation sites (tertiary alicyclic amines) is 1. The van der Waals surface area contributed by atoms with Crippen molar-refractivity contribution in [3.05, 3.63) is 53.2 Å². The van der Waals surface area contributed by atoms with Crippen molar-refractivity contribution in [1.82, 2.24) is 9.88 Å². The van der Waals surface area contributed by atoms with E-state index in [-0.39, 0.29) is 24.2 Å². The fourth-order valence-electron chi connectivity index (χ4n) is 2.75. The lowest BCUT2D eigenvalue weighted by atomic mass is 10.0. The van der Waals surface area contributed by atoms with Crippen LogP contribution in [-0.2, 0) is 0 Å². The van der Waals surface area contributed by atoms with Gasteiger partial charge in [0.2, 0.25) is 0 Å². The van der Waals surface area contributed by atoms with Crippen LogP contribution in [0.4, 0.5) is 8.78 Å². The van der Waals surface area contributed by atoms with Gasteiger partial charge in [-0.15, -0.1) is 0 Å². The van der Waals surface area contributed by atoms with Crippen LogP contribution >= 0.6 is 0 Å². The molecule has 1 aromatic carbocycles. The maximum Gasteiger partial charge on any atom is 0.276 e. The van der Waals surface area contributed by atoms with Gasteiger partial charge in [-0.25, -0.2) is 13.8 Å². The smallest absolute Gasteiger partial charge is 0.276 e. The summed E-state index contributed by atoms with van der Waals surface area (Å²) in [4.78, 5) is 17.7. The lowest BCUT2D eigenvalue weighted by Gasteiger charge is -2.24. The minimum Gasteiger partial charge on any atom is -0.448 e. The van der Waals surface area contributed by atoms with Gasteiger partial charge in [0.1, 0.15) is 17.4 Å². The summed E-state index contributed by atoms with van der Waals surface area (Å²) < 4.78 is 32.4. The van der Waals surface area contributed by atoms with Gasteiger partial charge in [0.25, 0.3) is 5.91 Å². The zero-order valence-electron chi connectivity index (χ0n) is 11.8. The van der Waals surface area contributed by atoms with E-state index in [1.54, 1.807) is 6.92 Å². The van der Waals surface area contributed by atoms with Crippen LogP contribution in [0, 0.1) is 18.6 Å². The Hall–Kier alpha value is -2.28. The summed E-state index contributed by atoms with van der Waals surface area (Å²) in [7, 11) is 0. The standard InChI is InChI=1S/C15H14F2N2O3/c1-8-14(18-7-22-8)15(21)19-6-10(20)5-13(19)11-4-9(16)2-3-12(11)17/h2-4,7,10,13,20H,5-6H2,1H3/t10-,13+/m0/s1. The molecule has 1 aliphatic rings. The van der Waals surface area contributed by atoms with Crippen molar-refractivity contribution in [2.24, 2.45) is 0 Å². The zero-order chi connectivity index (χ0) is 15.9. The van der Waals surface area contributed by atoms with Crippen LogP contribution in [0.5, 0.6) is 0 Å². The number of hydrogen-bond acceptors (Lipinski definition) is 4. The molecule has 0 radical (unpaired) electrons. The van der Waals surface area contributed by atoms with Crippen molar-refractivity contribution in [2.45, 2.75) is 25.5 Å². The summed E-state index contributed by atoms with van der Waals surface area (Å²) in [6, 6.07) is 2.33. The zero-order valence-corrected chi connectivity index (χ0v) is 11.8. The van der Waals surface area contributed by atoms with E-state index in [4.69, 9.17) is 4.42 Å². The largest absolute Gasteiger partial charge is 0.448 e. The quantitative estimate of drug-likeness (QED) is 0.923. The normalized spacial score (nSPS) is 21.4. The molecule has 5 nitrogen and oxygen atoms in total. The molecule has 1 amide bonds. The Labute approximate surface area is 125 Å². The van der Waals surface area contributed by atoms with Gasteiger partial charge >= 0.3 is 0 Å². The third-order valence-corrected chi connectivity index (χ3v) is 3.80. The first-order valence-electron chi connectivity index (χ1n) is 6.81. The lowest BCUT2D eigenvalue weighted by molar-refractivity contribution is 0.0706. The molecule has 2 aromatic rings. The maximum atomic E-state index is 14.0. The van der Waals surface area contributed by atoms with Crippen molar-refractivity contribution in [3.8, 4) is 0 Å². The Kier molecular flexibility index (Phi) is 3.66. The van der Waals surface area contributed by atoms with Gasteiger partial charge in [0, 0.05) is 12.1 Å². The predicted octanol–water partition coefficient (Wildman–Crippen LogP) is 2.21. The second kappa shape index (κ2) is 5.49. The molecule has 1 saturated heterocycles. The van der Waals surface area contributed by atoms with Crippen molar-refractivity contribution >= 4 is 5.91 Å². The number of aryl methyl sites for hydroxylation is 1. The molecular formula is C15H14F2N2O3. The highest BCUT2D eigenvalue weighted by Gasteiger charge is 2.38. The average molecular weight is 308 g/mol. The second-order valence-corrected chi connectivity index (χ2v) is 5.29. The Morgan fingerprint density at radius 3 is 2.91 bits per heavy atom. The second-order valence-electron chi connectivity index (χ2n) is 5.29. The number of aliphatic hydroxyl groups excluding tert-OH is 1. The number of benzene rings is 1. The van der Waals surface area contributed by atoms with Crippen LogP contribution in [0.25, 0.3) is 0 Å². The molecule has 0 bridgehead atoms. The molecule has 116 valence electrons. The van der Waals surface area contributed by atoms with Crippen LogP contribution in [0.15, 0.2) is 29.0 Å². The highest BCUT2D eigenvalue weighted by molar-refractivity contribution is 5.93. The summed E-state index contributed by atoms with van der Waals surface area (Å²) in [6.07, 6.45) is 0.486. The molecule has 0 aliphatic carbocycles. The summed E-state index contributed by atoms with van der Waals surface area (Å²) in [6.45, 7) is 1.62. The number of aliphatic hydroxyl groups is 1. The fraction of sp³-hybridized carbons (Fsp3) is 0.333. The topological polar surface area (TPSA) is 66.6 Å². The number of aromatic nitrogens is 1. The third kappa shape index (κ3) is 2.48. The van der Waals surface area contributed by atoms with Crippen LogP contribution in [-0.4, -0.2) is 33.5 Å². The summed E-state index contributed by atoms with van der Waals surface area (Å²) >= 11 is 0. The number of hydrogen-bond donors (Lipinski definition) is 1. The minimum atomic E-state index is -0.802. The minimum absolute atomic E-state index is 0.0335. The third-order valence-electron chi connectivity index (χ3n) is 3.80. The Balaban J connectivity index is 1.98. The molecule has 1 fully saturated rings. The summed E-state index contributed by atoms with van der Waals surface area (Å²) in [5.74, 6) is -1.35. The molecule has 7 heteroatoms. The van der Waals surface area contributed by atoms with Crippen LogP contribution in [0.1, 0.15) is 34.3 Å². The Bertz CT molecular complexity index is 717. The molecule has 3 rings (SSSR count). The Morgan fingerprint density at radius 1 is 1.45 bits per heavy atom. The number of β-amino-alcohol motifs (C(OH)–C–C–N with tert-alkyl or cyclic N) is 1. The van der Waals surface area contributed by atoms with E-state index in [9.17, 15) is 18.7 Å². The first kappa shape index (κ1) is 14.6. The molecule has 1 N–H and O–H groups in total. The molecule has 1 aromatic heterocycles. The van der Waals surface area contributed by atoms with Gasteiger partial charge in [-0.2, -0.15) is 0 Å². The number of nitrogens with zero attached hydrogens (tertiary/aromatic N) is 2. The first-order valence-corrected chi connectivity index (χ1v) is 6.81. The first-order chi connectivity index (χ1) is 10.5. The molecule has 2 heterocycles. The average Bonchev–Trinajstić information content (AvgIpc) is 3.07. The van der Waals surface area contributed by atoms with Crippen LogP contribution < -0.4 is 0 Å². The van der Waals surface area contributed by atoms with Gasteiger partial charge in [-0.1, -0.05) is 0 Å². The SMILES string of the molecule is Cc1ocnc1C(=O)N1C[C@@H](O)C[C@@H]1c1cc(F)ccc1F. The highest BCUT2D eigenvalue weighted by atomic mass is 19.1. The van der Waals surface area contributed by atoms with Gasteiger partial charge in [-0.3, -0.25) is 4.79 Å². The number of amides is 1. The molecule has 0 unspecified atom stereocenters. The lowest BCUT2D eigenvalue weighted by Crippen LogP contribution is -2.32. The van der Waals surface area contributed by atoms with Crippen LogP contribution in [0.3, 0.4) is 0 Å². The Morgan fingerprint density at radius 2 is 2.23 bits per heavy atom. The monoisotopic (exact) mass is 308 g/mol. The molecule has 0 saturated carbocycles. The van der Waals surface area contributed by atoms with Crippen molar-refractivity contribution in [2.75, 3.05) is 6.54 Å². The van der Waals surface area contributed by atoms with E-state index in [0.29, 0.717) is 5.76 Å². The van der Waals surface area contributed by atoms with E-state index in [2.05, 4.69) is 4.98 Å². The maximum absolute atomic E-state index is 14.0. The number of halogens is 2. The van der Waals surface area contributed by atoms with E-state index >= 15 is 0 Å². The summed E-state index contributed by atoms with van der Waals surface area (Å²) in [5.41, 5.74) is 0.155. The van der Waals surface area contributed by atoms with Gasteiger partial charge in [0.15, 0.2) is 12.1 Å². The van der Waals surface area contributed by atoms with E-state index in [1.165, 1.54) is 4.90 Å². The van der Waals surface area contributed by atoms with Gasteiger partial charge in [-0.05, 0) is 31.5 Å². The fourth-order valence-corrected chi connectivity index (χ4v) is 2.75. The van der Waals surface area contributed by atoms with E-state index < -0.39 is 29.7 Å². The summed E-state index contributed by atoms with van der Waals surface area (Å²) in [5, 5.41) is 9.85. The van der Waals surface area contributed by atoms with Gasteiger partial charge < -0.3 is 14.4 Å². The van der Waals surface area contributed by atoms with Crippen LogP contribution in [0.2, 0.25) is 0 Å². The predicted molar refractivity (Wildman–Crippen MR) is 72.0 cm³/mol. The molecular weight excluding hydrogens is 294 g/mol. The molecule has 22 heavy (non-hydrogen) atoms. The highest BCUT2D eigenvalue weighted by Crippen LogP contribution is 2.35. The van der Waals surface area contributed by atoms with Crippen molar-refractivity contribution in [1.29, 1.82) is 0 Å². The van der Waals surface area contributed by atoms with Crippen molar-refractivity contribution in [3.63, 3.8) is 0 Å².